The SMILES string of the molecule is CCCOc1cc(OC)ccc1/C=C/C(N)=O. The third-order valence-corrected chi connectivity index (χ3v) is 2.11. The van der Waals surface area contributed by atoms with Crippen LogP contribution in [-0.4, -0.2) is 19.6 Å². The van der Waals surface area contributed by atoms with Gasteiger partial charge in [0.05, 0.1) is 13.7 Å². The van der Waals surface area contributed by atoms with E-state index in [2.05, 4.69) is 0 Å². The second kappa shape index (κ2) is 6.58. The molecule has 0 radical (unpaired) electrons. The standard InChI is InChI=1S/C13H17NO3/c1-3-8-17-12-9-11(16-2)6-4-10(12)5-7-13(14)15/h4-7,9H,3,8H2,1-2H3,(H2,14,15)/b7-5+. The zero-order chi connectivity index (χ0) is 12.7. The second-order valence-corrected chi connectivity index (χ2v) is 3.49. The largest absolute Gasteiger partial charge is 0.497 e. The first-order chi connectivity index (χ1) is 8.17. The van der Waals surface area contributed by atoms with Crippen molar-refractivity contribution in [2.75, 3.05) is 13.7 Å². The third kappa shape index (κ3) is 4.18. The van der Waals surface area contributed by atoms with E-state index < -0.39 is 5.91 Å². The van der Waals surface area contributed by atoms with Crippen molar-refractivity contribution in [3.63, 3.8) is 0 Å². The molecule has 0 aliphatic heterocycles. The van der Waals surface area contributed by atoms with Crippen LogP contribution >= 0.6 is 0 Å². The molecule has 4 heteroatoms. The van der Waals surface area contributed by atoms with Gasteiger partial charge in [-0.1, -0.05) is 6.92 Å². The molecule has 0 aliphatic rings. The summed E-state index contributed by atoms with van der Waals surface area (Å²) in [6.45, 7) is 2.64. The highest BCUT2D eigenvalue weighted by molar-refractivity contribution is 5.90. The molecule has 92 valence electrons. The van der Waals surface area contributed by atoms with E-state index in [-0.39, 0.29) is 0 Å². The van der Waals surface area contributed by atoms with E-state index in [1.807, 2.05) is 13.0 Å². The maximum Gasteiger partial charge on any atom is 0.241 e. The van der Waals surface area contributed by atoms with E-state index in [4.69, 9.17) is 15.2 Å². The molecule has 0 atom stereocenters. The van der Waals surface area contributed by atoms with Gasteiger partial charge in [0.15, 0.2) is 0 Å². The molecule has 1 aromatic rings. The van der Waals surface area contributed by atoms with Crippen LogP contribution < -0.4 is 15.2 Å². The van der Waals surface area contributed by atoms with Crippen molar-refractivity contribution in [3.05, 3.63) is 29.8 Å². The number of hydrogen-bond acceptors (Lipinski definition) is 3. The van der Waals surface area contributed by atoms with Crippen LogP contribution in [0.1, 0.15) is 18.9 Å². The van der Waals surface area contributed by atoms with Crippen LogP contribution in [0.15, 0.2) is 24.3 Å². The number of nitrogens with two attached hydrogens (primary N) is 1. The minimum atomic E-state index is -0.484. The highest BCUT2D eigenvalue weighted by Gasteiger charge is 2.03. The Morgan fingerprint density at radius 2 is 2.24 bits per heavy atom. The number of rotatable bonds is 6. The topological polar surface area (TPSA) is 61.6 Å². The first-order valence-electron chi connectivity index (χ1n) is 5.45. The van der Waals surface area contributed by atoms with Gasteiger partial charge in [-0.15, -0.1) is 0 Å². The molecule has 0 heterocycles. The highest BCUT2D eigenvalue weighted by atomic mass is 16.5. The van der Waals surface area contributed by atoms with Crippen molar-refractivity contribution in [2.24, 2.45) is 5.73 Å². The molecule has 0 aromatic heterocycles. The first kappa shape index (κ1) is 13.1. The van der Waals surface area contributed by atoms with E-state index in [9.17, 15) is 4.79 Å². The molecule has 0 saturated heterocycles. The van der Waals surface area contributed by atoms with Gasteiger partial charge in [-0.2, -0.15) is 0 Å². The Balaban J connectivity index is 2.97. The zero-order valence-corrected chi connectivity index (χ0v) is 10.1. The monoisotopic (exact) mass is 235 g/mol. The van der Waals surface area contributed by atoms with Crippen LogP contribution in [0.3, 0.4) is 0 Å². The normalized spacial score (nSPS) is 10.5. The van der Waals surface area contributed by atoms with E-state index in [0.29, 0.717) is 18.1 Å². The van der Waals surface area contributed by atoms with Crippen molar-refractivity contribution >= 4 is 12.0 Å². The average molecular weight is 235 g/mol. The molecular formula is C13H17NO3. The fraction of sp³-hybridized carbons (Fsp3) is 0.308. The number of benzene rings is 1. The van der Waals surface area contributed by atoms with Gasteiger partial charge in [0.25, 0.3) is 0 Å². The Morgan fingerprint density at radius 1 is 1.47 bits per heavy atom. The van der Waals surface area contributed by atoms with Gasteiger partial charge in [0.1, 0.15) is 11.5 Å². The highest BCUT2D eigenvalue weighted by Crippen LogP contribution is 2.26. The Hall–Kier alpha value is -1.97. The number of hydrogen-bond donors (Lipinski definition) is 1. The molecule has 1 amide bonds. The van der Waals surface area contributed by atoms with E-state index in [0.717, 1.165) is 12.0 Å². The predicted molar refractivity (Wildman–Crippen MR) is 67.0 cm³/mol. The Bertz CT molecular complexity index is 413. The van der Waals surface area contributed by atoms with Crippen molar-refractivity contribution in [2.45, 2.75) is 13.3 Å². The van der Waals surface area contributed by atoms with Gasteiger partial charge in [0.2, 0.25) is 5.91 Å². The first-order valence-corrected chi connectivity index (χ1v) is 5.45. The molecule has 0 aliphatic carbocycles. The number of carbonyl (C=O) groups is 1. The fourth-order valence-electron chi connectivity index (χ4n) is 1.29. The minimum absolute atomic E-state index is 0.484. The van der Waals surface area contributed by atoms with Crippen LogP contribution in [0.5, 0.6) is 11.5 Å². The van der Waals surface area contributed by atoms with Gasteiger partial charge in [-0.05, 0) is 24.6 Å². The predicted octanol–water partition coefficient (Wildman–Crippen LogP) is 1.98. The van der Waals surface area contributed by atoms with Gasteiger partial charge in [0, 0.05) is 17.7 Å². The van der Waals surface area contributed by atoms with Crippen molar-refractivity contribution in [1.29, 1.82) is 0 Å². The number of carbonyl (C=O) groups excluding carboxylic acids is 1. The summed E-state index contributed by atoms with van der Waals surface area (Å²) in [5.74, 6) is 0.915. The van der Waals surface area contributed by atoms with Gasteiger partial charge >= 0.3 is 0 Å². The number of amides is 1. The molecule has 1 rings (SSSR count). The molecule has 0 saturated carbocycles. The lowest BCUT2D eigenvalue weighted by Gasteiger charge is -2.10. The lowest BCUT2D eigenvalue weighted by atomic mass is 10.1. The summed E-state index contributed by atoms with van der Waals surface area (Å²) in [5.41, 5.74) is 5.86. The van der Waals surface area contributed by atoms with Crippen molar-refractivity contribution < 1.29 is 14.3 Å². The van der Waals surface area contributed by atoms with E-state index >= 15 is 0 Å². The lowest BCUT2D eigenvalue weighted by Crippen LogP contribution is -2.05. The fourth-order valence-corrected chi connectivity index (χ4v) is 1.29. The van der Waals surface area contributed by atoms with E-state index in [1.165, 1.54) is 6.08 Å². The summed E-state index contributed by atoms with van der Waals surface area (Å²) in [4.78, 5) is 10.7. The van der Waals surface area contributed by atoms with Crippen LogP contribution in [0, 0.1) is 0 Å². The Kier molecular flexibility index (Phi) is 5.07. The molecule has 4 nitrogen and oxygen atoms in total. The van der Waals surface area contributed by atoms with Gasteiger partial charge in [-0.3, -0.25) is 4.79 Å². The van der Waals surface area contributed by atoms with Crippen molar-refractivity contribution in [3.8, 4) is 11.5 Å². The molecule has 17 heavy (non-hydrogen) atoms. The van der Waals surface area contributed by atoms with Crippen LogP contribution in [0.4, 0.5) is 0 Å². The van der Waals surface area contributed by atoms with Crippen LogP contribution in [-0.2, 0) is 4.79 Å². The Morgan fingerprint density at radius 3 is 2.82 bits per heavy atom. The number of ether oxygens (including phenoxy) is 2. The minimum Gasteiger partial charge on any atom is -0.497 e. The smallest absolute Gasteiger partial charge is 0.241 e. The summed E-state index contributed by atoms with van der Waals surface area (Å²) >= 11 is 0. The second-order valence-electron chi connectivity index (χ2n) is 3.49. The molecule has 0 unspecified atom stereocenters. The van der Waals surface area contributed by atoms with Crippen molar-refractivity contribution in [1.82, 2.24) is 0 Å². The summed E-state index contributed by atoms with van der Waals surface area (Å²) in [6.07, 6.45) is 3.85. The lowest BCUT2D eigenvalue weighted by molar-refractivity contribution is -0.113. The van der Waals surface area contributed by atoms with E-state index in [1.54, 1.807) is 25.3 Å². The maximum absolute atomic E-state index is 10.7. The molecule has 0 fully saturated rings. The van der Waals surface area contributed by atoms with Gasteiger partial charge < -0.3 is 15.2 Å². The Labute approximate surface area is 101 Å². The summed E-state index contributed by atoms with van der Waals surface area (Å²) < 4.78 is 10.7. The summed E-state index contributed by atoms with van der Waals surface area (Å²) in [6, 6.07) is 5.42. The zero-order valence-electron chi connectivity index (χ0n) is 10.1. The summed E-state index contributed by atoms with van der Waals surface area (Å²) in [7, 11) is 1.60. The maximum atomic E-state index is 10.7. The molecule has 1 aromatic carbocycles. The number of primary amides is 1. The molecule has 0 bridgehead atoms. The summed E-state index contributed by atoms with van der Waals surface area (Å²) in [5, 5.41) is 0. The van der Waals surface area contributed by atoms with Crippen LogP contribution in [0.25, 0.3) is 6.08 Å². The number of methoxy groups -OCH3 is 1. The molecule has 2 N–H and O–H groups in total. The third-order valence-electron chi connectivity index (χ3n) is 2.11. The molecular weight excluding hydrogens is 218 g/mol. The van der Waals surface area contributed by atoms with Gasteiger partial charge in [-0.25, -0.2) is 0 Å². The molecule has 0 spiro atoms. The average Bonchev–Trinajstić information content (AvgIpc) is 2.34. The van der Waals surface area contributed by atoms with Crippen LogP contribution in [0.2, 0.25) is 0 Å². The quantitative estimate of drug-likeness (QED) is 0.767.